The fraction of sp³-hybridized carbons (Fsp3) is 0.842. The van der Waals surface area contributed by atoms with Crippen LogP contribution in [0.15, 0.2) is 0 Å². The maximum atomic E-state index is 12.5. The highest BCUT2D eigenvalue weighted by Crippen LogP contribution is 2.22. The predicted octanol–water partition coefficient (Wildman–Crippen LogP) is 3.65. The lowest BCUT2D eigenvalue weighted by Crippen LogP contribution is -2.35. The molecule has 0 fully saturated rings. The third-order valence-corrected chi connectivity index (χ3v) is 4.36. The van der Waals surface area contributed by atoms with E-state index in [2.05, 4.69) is 0 Å². The number of carbonyl (C=O) groups excluding carboxylic acids is 3. The van der Waals surface area contributed by atoms with Crippen molar-refractivity contribution in [2.45, 2.75) is 92.5 Å². The van der Waals surface area contributed by atoms with E-state index in [9.17, 15) is 14.4 Å². The Labute approximate surface area is 151 Å². The molecule has 0 saturated carbocycles. The third kappa shape index (κ3) is 8.89. The van der Waals surface area contributed by atoms with Gasteiger partial charge in [0.2, 0.25) is 0 Å². The maximum absolute atomic E-state index is 12.5. The normalized spacial score (nSPS) is 16.9. The van der Waals surface area contributed by atoms with Crippen LogP contribution in [0.1, 0.15) is 74.1 Å². The molecule has 5 atom stereocenters. The Morgan fingerprint density at radius 2 is 1.08 bits per heavy atom. The van der Waals surface area contributed by atoms with Crippen molar-refractivity contribution in [3.63, 3.8) is 0 Å². The molecule has 0 aliphatic carbocycles. The van der Waals surface area contributed by atoms with Crippen LogP contribution in [0.3, 0.4) is 0 Å². The molecule has 0 bridgehead atoms. The van der Waals surface area contributed by atoms with Gasteiger partial charge in [-0.15, -0.1) is 0 Å². The molecule has 0 aromatic heterocycles. The molecule has 0 amide bonds. The van der Waals surface area contributed by atoms with E-state index in [4.69, 9.17) is 14.2 Å². The molecule has 25 heavy (non-hydrogen) atoms. The second-order valence-corrected chi connectivity index (χ2v) is 6.62. The first-order valence-electron chi connectivity index (χ1n) is 9.26. The van der Waals surface area contributed by atoms with E-state index in [1.807, 2.05) is 20.8 Å². The van der Waals surface area contributed by atoms with Crippen molar-refractivity contribution in [3.8, 4) is 0 Å². The van der Waals surface area contributed by atoms with E-state index in [0.717, 1.165) is 0 Å². The van der Waals surface area contributed by atoms with Gasteiger partial charge in [-0.1, -0.05) is 27.7 Å². The van der Waals surface area contributed by atoms with Gasteiger partial charge >= 0.3 is 17.9 Å². The number of rotatable bonds is 11. The van der Waals surface area contributed by atoms with Crippen LogP contribution in [0.2, 0.25) is 0 Å². The van der Waals surface area contributed by atoms with Gasteiger partial charge in [-0.05, 0) is 40.0 Å². The Bertz CT molecular complexity index is 434. The average Bonchev–Trinajstić information content (AvgIpc) is 2.58. The van der Waals surface area contributed by atoms with Crippen molar-refractivity contribution >= 4 is 17.9 Å². The molecule has 0 radical (unpaired) electrons. The summed E-state index contributed by atoms with van der Waals surface area (Å²) in [6, 6.07) is 0. The molecule has 0 rings (SSSR count). The van der Waals surface area contributed by atoms with Gasteiger partial charge in [0.25, 0.3) is 0 Å². The maximum Gasteiger partial charge on any atom is 0.310 e. The van der Waals surface area contributed by atoms with Crippen molar-refractivity contribution in [2.75, 3.05) is 0 Å². The number of esters is 3. The van der Waals surface area contributed by atoms with Crippen LogP contribution >= 0.6 is 0 Å². The minimum atomic E-state index is -0.915. The summed E-state index contributed by atoms with van der Waals surface area (Å²) in [5, 5.41) is 0. The Hall–Kier alpha value is -1.59. The number of carbonyl (C=O) groups is 3. The fourth-order valence-corrected chi connectivity index (χ4v) is 1.92. The summed E-state index contributed by atoms with van der Waals surface area (Å²) < 4.78 is 15.9. The van der Waals surface area contributed by atoms with Crippen molar-refractivity contribution in [1.82, 2.24) is 0 Å². The standard InChI is InChI=1S/C19H34O6/c1-8-12(4)23-17(20)11-16(19(22)25-14(6)10-3)15(7)18(21)24-13(5)9-2/h12-16H,8-11H2,1-7H3. The summed E-state index contributed by atoms with van der Waals surface area (Å²) in [6.45, 7) is 12.6. The first-order chi connectivity index (χ1) is 11.7. The highest BCUT2D eigenvalue weighted by atomic mass is 16.6. The molecule has 5 unspecified atom stereocenters. The zero-order valence-corrected chi connectivity index (χ0v) is 16.7. The quantitative estimate of drug-likeness (QED) is 0.414. The molecular weight excluding hydrogens is 324 g/mol. The zero-order valence-electron chi connectivity index (χ0n) is 16.7. The molecule has 0 aliphatic rings. The second kappa shape index (κ2) is 11.9. The van der Waals surface area contributed by atoms with Crippen molar-refractivity contribution < 1.29 is 28.6 Å². The van der Waals surface area contributed by atoms with Gasteiger partial charge in [-0.3, -0.25) is 14.4 Å². The third-order valence-electron chi connectivity index (χ3n) is 4.36. The van der Waals surface area contributed by atoms with E-state index in [0.29, 0.717) is 19.3 Å². The van der Waals surface area contributed by atoms with Gasteiger partial charge < -0.3 is 14.2 Å². The average molecular weight is 358 g/mol. The first kappa shape index (κ1) is 23.4. The van der Waals surface area contributed by atoms with Gasteiger partial charge in [-0.2, -0.15) is 0 Å². The molecule has 0 aromatic rings. The summed E-state index contributed by atoms with van der Waals surface area (Å²) in [5.41, 5.74) is 0. The fourth-order valence-electron chi connectivity index (χ4n) is 1.92. The summed E-state index contributed by atoms with van der Waals surface area (Å²) >= 11 is 0. The lowest BCUT2D eigenvalue weighted by Gasteiger charge is -2.24. The minimum Gasteiger partial charge on any atom is -0.463 e. The van der Waals surface area contributed by atoms with Gasteiger partial charge in [-0.25, -0.2) is 0 Å². The van der Waals surface area contributed by atoms with Gasteiger partial charge in [0.1, 0.15) is 0 Å². The molecule has 0 heterocycles. The Kier molecular flexibility index (Phi) is 11.1. The van der Waals surface area contributed by atoms with Crippen LogP contribution < -0.4 is 0 Å². The SMILES string of the molecule is CCC(C)OC(=O)CC(C(=O)OC(C)CC)C(C)C(=O)OC(C)CC. The molecule has 0 N–H and O–H groups in total. The van der Waals surface area contributed by atoms with E-state index < -0.39 is 29.7 Å². The van der Waals surface area contributed by atoms with E-state index in [-0.39, 0.29) is 24.7 Å². The van der Waals surface area contributed by atoms with Crippen molar-refractivity contribution in [3.05, 3.63) is 0 Å². The monoisotopic (exact) mass is 358 g/mol. The van der Waals surface area contributed by atoms with Gasteiger partial charge in [0.15, 0.2) is 0 Å². The smallest absolute Gasteiger partial charge is 0.310 e. The zero-order chi connectivity index (χ0) is 19.6. The van der Waals surface area contributed by atoms with Crippen LogP contribution in [0.4, 0.5) is 0 Å². The molecule has 6 heteroatoms. The topological polar surface area (TPSA) is 78.9 Å². The molecule has 6 nitrogen and oxygen atoms in total. The highest BCUT2D eigenvalue weighted by Gasteiger charge is 2.36. The van der Waals surface area contributed by atoms with E-state index in [1.165, 1.54) is 0 Å². The Balaban J connectivity index is 5.13. The van der Waals surface area contributed by atoms with Crippen LogP contribution in [-0.2, 0) is 28.6 Å². The summed E-state index contributed by atoms with van der Waals surface area (Å²) in [4.78, 5) is 36.9. The number of ether oxygens (including phenoxy) is 3. The van der Waals surface area contributed by atoms with Crippen LogP contribution in [0.25, 0.3) is 0 Å². The van der Waals surface area contributed by atoms with E-state index in [1.54, 1.807) is 27.7 Å². The molecule has 146 valence electrons. The van der Waals surface area contributed by atoms with Crippen LogP contribution in [0, 0.1) is 11.8 Å². The minimum absolute atomic E-state index is 0.198. The molecular formula is C19H34O6. The van der Waals surface area contributed by atoms with Gasteiger partial charge in [0, 0.05) is 0 Å². The molecule has 0 saturated heterocycles. The lowest BCUT2D eigenvalue weighted by atomic mass is 9.90. The highest BCUT2D eigenvalue weighted by molar-refractivity contribution is 5.85. The first-order valence-corrected chi connectivity index (χ1v) is 9.26. The molecule has 0 aliphatic heterocycles. The number of hydrogen-bond acceptors (Lipinski definition) is 6. The van der Waals surface area contributed by atoms with Crippen molar-refractivity contribution in [2.24, 2.45) is 11.8 Å². The van der Waals surface area contributed by atoms with E-state index >= 15 is 0 Å². The molecule has 0 spiro atoms. The second-order valence-electron chi connectivity index (χ2n) is 6.62. The van der Waals surface area contributed by atoms with Crippen LogP contribution in [-0.4, -0.2) is 36.2 Å². The van der Waals surface area contributed by atoms with Crippen molar-refractivity contribution in [1.29, 1.82) is 0 Å². The Morgan fingerprint density at radius 1 is 0.680 bits per heavy atom. The summed E-state index contributed by atoms with van der Waals surface area (Å²) in [5.74, 6) is -3.28. The van der Waals surface area contributed by atoms with Gasteiger partial charge in [0.05, 0.1) is 36.6 Å². The van der Waals surface area contributed by atoms with Crippen LogP contribution in [0.5, 0.6) is 0 Å². The molecule has 0 aromatic carbocycles. The Morgan fingerprint density at radius 3 is 1.52 bits per heavy atom. The lowest BCUT2D eigenvalue weighted by molar-refractivity contribution is -0.169. The summed E-state index contributed by atoms with van der Waals surface area (Å²) in [6.07, 6.45) is 1.06. The summed E-state index contributed by atoms with van der Waals surface area (Å²) in [7, 11) is 0. The predicted molar refractivity (Wildman–Crippen MR) is 94.8 cm³/mol. The largest absolute Gasteiger partial charge is 0.463 e. The number of hydrogen-bond donors (Lipinski definition) is 0.